The molecule has 0 saturated heterocycles. The van der Waals surface area contributed by atoms with Crippen molar-refractivity contribution in [1.29, 1.82) is 0 Å². The molecule has 0 aliphatic heterocycles. The van der Waals surface area contributed by atoms with Gasteiger partial charge in [-0.15, -0.1) is 0 Å². The van der Waals surface area contributed by atoms with Crippen LogP contribution in [0.25, 0.3) is 11.0 Å². The Morgan fingerprint density at radius 1 is 1.30 bits per heavy atom. The Morgan fingerprint density at radius 2 is 2.04 bits per heavy atom. The van der Waals surface area contributed by atoms with Crippen molar-refractivity contribution < 1.29 is 4.74 Å². The van der Waals surface area contributed by atoms with Crippen LogP contribution >= 0.6 is 11.6 Å². The average molecular weight is 354 g/mol. The molecule has 2 heterocycles. The van der Waals surface area contributed by atoms with Gasteiger partial charge in [-0.2, -0.15) is 15.1 Å². The van der Waals surface area contributed by atoms with E-state index in [-0.39, 0.29) is 5.28 Å². The van der Waals surface area contributed by atoms with Gasteiger partial charge in [0.1, 0.15) is 12.5 Å². The highest BCUT2D eigenvalue weighted by Gasteiger charge is 2.24. The molecule has 1 aliphatic rings. The van der Waals surface area contributed by atoms with Gasteiger partial charge in [-0.3, -0.25) is 0 Å². The predicted octanol–water partition coefficient (Wildman–Crippen LogP) is 3.67. The summed E-state index contributed by atoms with van der Waals surface area (Å²) in [6.45, 7) is 10.1. The van der Waals surface area contributed by atoms with Gasteiger partial charge in [0.25, 0.3) is 0 Å². The van der Waals surface area contributed by atoms with E-state index in [0.717, 1.165) is 35.2 Å². The van der Waals surface area contributed by atoms with Crippen LogP contribution in [0.1, 0.15) is 18.5 Å². The number of ether oxygens (including phenoxy) is 1. The van der Waals surface area contributed by atoms with Crippen molar-refractivity contribution in [2.75, 3.05) is 11.9 Å². The van der Waals surface area contributed by atoms with Crippen LogP contribution < -0.4 is 5.32 Å². The Kier molecular flexibility index (Phi) is 4.62. The van der Waals surface area contributed by atoms with Crippen molar-refractivity contribution >= 4 is 36.5 Å². The third-order valence-electron chi connectivity index (χ3n) is 3.87. The maximum absolute atomic E-state index is 6.09. The van der Waals surface area contributed by atoms with Gasteiger partial charge in [0.15, 0.2) is 5.65 Å². The molecule has 2 aromatic heterocycles. The largest absolute Gasteiger partial charge is 0.367 e. The fourth-order valence-corrected chi connectivity index (χ4v) is 3.29. The second kappa shape index (κ2) is 6.37. The topological polar surface area (TPSA) is 64.9 Å². The lowest BCUT2D eigenvalue weighted by molar-refractivity contribution is 0.0810. The van der Waals surface area contributed by atoms with E-state index in [9.17, 15) is 0 Å². The molecular weight excluding hydrogens is 330 g/mol. The molecule has 0 spiro atoms. The van der Waals surface area contributed by atoms with Gasteiger partial charge < -0.3 is 10.1 Å². The molecule has 0 bridgehead atoms. The number of fused-ring (bicyclic) bond motifs is 1. The van der Waals surface area contributed by atoms with Crippen LogP contribution in [0.2, 0.25) is 31.0 Å². The second-order valence-corrected chi connectivity index (χ2v) is 13.4. The number of halogens is 1. The van der Waals surface area contributed by atoms with E-state index in [1.54, 1.807) is 4.68 Å². The zero-order valence-electron chi connectivity index (χ0n) is 14.2. The Labute approximate surface area is 142 Å². The van der Waals surface area contributed by atoms with E-state index in [1.807, 2.05) is 6.92 Å². The molecule has 1 aliphatic carbocycles. The highest BCUT2D eigenvalue weighted by molar-refractivity contribution is 6.76. The maximum atomic E-state index is 6.09. The number of aromatic nitrogens is 4. The Balaban J connectivity index is 1.79. The molecule has 6 nitrogen and oxygen atoms in total. The smallest absolute Gasteiger partial charge is 0.226 e. The van der Waals surface area contributed by atoms with E-state index in [4.69, 9.17) is 16.3 Å². The fraction of sp³-hybridized carbons (Fsp3) is 0.667. The molecule has 0 unspecified atom stereocenters. The van der Waals surface area contributed by atoms with Crippen LogP contribution in [0.4, 0.5) is 5.82 Å². The van der Waals surface area contributed by atoms with E-state index in [1.165, 1.54) is 12.8 Å². The van der Waals surface area contributed by atoms with Crippen molar-refractivity contribution in [1.82, 2.24) is 19.7 Å². The van der Waals surface area contributed by atoms with Crippen molar-refractivity contribution in [3.8, 4) is 0 Å². The van der Waals surface area contributed by atoms with Gasteiger partial charge in [-0.1, -0.05) is 19.6 Å². The first kappa shape index (κ1) is 16.7. The van der Waals surface area contributed by atoms with Crippen molar-refractivity contribution in [2.45, 2.75) is 58.2 Å². The summed E-state index contributed by atoms with van der Waals surface area (Å²) in [5, 5.41) is 9.15. The van der Waals surface area contributed by atoms with Crippen LogP contribution in [-0.4, -0.2) is 40.5 Å². The first-order chi connectivity index (χ1) is 10.8. The van der Waals surface area contributed by atoms with Gasteiger partial charge in [-0.05, 0) is 37.4 Å². The van der Waals surface area contributed by atoms with Crippen LogP contribution in [0.15, 0.2) is 0 Å². The van der Waals surface area contributed by atoms with E-state index < -0.39 is 8.07 Å². The monoisotopic (exact) mass is 353 g/mol. The van der Waals surface area contributed by atoms with Crippen molar-refractivity contribution in [3.63, 3.8) is 0 Å². The van der Waals surface area contributed by atoms with E-state index >= 15 is 0 Å². The summed E-state index contributed by atoms with van der Waals surface area (Å²) in [6.07, 6.45) is 2.35. The minimum absolute atomic E-state index is 0.240. The molecule has 1 fully saturated rings. The molecule has 8 heteroatoms. The predicted molar refractivity (Wildman–Crippen MR) is 95.8 cm³/mol. The SMILES string of the molecule is Cc1nn(COCC[Si](C)(C)C)c2nc(Cl)nc(NC3CC3)c12. The highest BCUT2D eigenvalue weighted by atomic mass is 35.5. The molecule has 0 atom stereocenters. The summed E-state index contributed by atoms with van der Waals surface area (Å²) < 4.78 is 7.58. The lowest BCUT2D eigenvalue weighted by Crippen LogP contribution is -2.22. The summed E-state index contributed by atoms with van der Waals surface area (Å²) in [5.74, 6) is 0.786. The molecule has 0 radical (unpaired) electrons. The number of nitrogens with one attached hydrogen (secondary N) is 1. The minimum atomic E-state index is -1.08. The number of aryl methyl sites for hydroxylation is 1. The van der Waals surface area contributed by atoms with Gasteiger partial charge in [0, 0.05) is 20.7 Å². The quantitative estimate of drug-likeness (QED) is 0.467. The number of hydrogen-bond donors (Lipinski definition) is 1. The minimum Gasteiger partial charge on any atom is -0.367 e. The summed E-state index contributed by atoms with van der Waals surface area (Å²) in [4.78, 5) is 8.69. The average Bonchev–Trinajstić information content (AvgIpc) is 3.18. The molecular formula is C15H24ClN5OSi. The zero-order valence-corrected chi connectivity index (χ0v) is 15.9. The first-order valence-corrected chi connectivity index (χ1v) is 12.2. The summed E-state index contributed by atoms with van der Waals surface area (Å²) >= 11 is 6.09. The zero-order chi connectivity index (χ0) is 16.6. The van der Waals surface area contributed by atoms with Gasteiger partial charge in [0.05, 0.1) is 11.1 Å². The molecule has 0 amide bonds. The maximum Gasteiger partial charge on any atom is 0.226 e. The molecule has 3 rings (SSSR count). The van der Waals surface area contributed by atoms with Gasteiger partial charge in [-0.25, -0.2) is 4.68 Å². The standard InChI is InChI=1S/C15H24ClN5OSi/c1-10-12-13(17-11-5-6-11)18-15(16)19-14(12)21(20-10)9-22-7-8-23(2,3)4/h11H,5-9H2,1-4H3,(H,17,18,19). The number of rotatable bonds is 7. The lowest BCUT2D eigenvalue weighted by atomic mass is 10.3. The second-order valence-electron chi connectivity index (χ2n) is 7.39. The van der Waals surface area contributed by atoms with Crippen LogP contribution in [0, 0.1) is 6.92 Å². The third-order valence-corrected chi connectivity index (χ3v) is 5.74. The van der Waals surface area contributed by atoms with E-state index in [0.29, 0.717) is 12.8 Å². The summed E-state index contributed by atoms with van der Waals surface area (Å²) in [7, 11) is -1.08. The molecule has 1 saturated carbocycles. The lowest BCUT2D eigenvalue weighted by Gasteiger charge is -2.15. The molecule has 0 aromatic carbocycles. The normalized spacial score (nSPS) is 15.3. The van der Waals surface area contributed by atoms with Crippen LogP contribution in [0.3, 0.4) is 0 Å². The van der Waals surface area contributed by atoms with E-state index in [2.05, 4.69) is 40.0 Å². The van der Waals surface area contributed by atoms with Gasteiger partial charge >= 0.3 is 0 Å². The Morgan fingerprint density at radius 3 is 2.70 bits per heavy atom. The first-order valence-electron chi connectivity index (χ1n) is 8.08. The van der Waals surface area contributed by atoms with Crippen LogP contribution in [-0.2, 0) is 11.5 Å². The summed E-state index contributed by atoms with van der Waals surface area (Å²) in [6, 6.07) is 1.63. The molecule has 23 heavy (non-hydrogen) atoms. The third kappa shape index (κ3) is 4.22. The van der Waals surface area contributed by atoms with Crippen molar-refractivity contribution in [3.05, 3.63) is 11.0 Å². The molecule has 2 aromatic rings. The number of anilines is 1. The number of hydrogen-bond acceptors (Lipinski definition) is 5. The Bertz CT molecular complexity index is 708. The highest BCUT2D eigenvalue weighted by Crippen LogP contribution is 2.30. The molecule has 126 valence electrons. The van der Waals surface area contributed by atoms with Crippen molar-refractivity contribution in [2.24, 2.45) is 0 Å². The molecule has 1 N–H and O–H groups in total. The van der Waals surface area contributed by atoms with Gasteiger partial charge in [0.2, 0.25) is 5.28 Å². The van der Waals surface area contributed by atoms with Crippen LogP contribution in [0.5, 0.6) is 0 Å². The Hall–Kier alpha value is -1.18. The number of nitrogens with zero attached hydrogens (tertiary/aromatic N) is 4. The summed E-state index contributed by atoms with van der Waals surface area (Å²) in [5.41, 5.74) is 1.63. The fourth-order valence-electron chi connectivity index (χ4n) is 2.37.